The summed E-state index contributed by atoms with van der Waals surface area (Å²) in [6, 6.07) is 2.13. The second kappa shape index (κ2) is 5.76. The number of thiocarbonyl (C=S) groups is 1. The van der Waals surface area contributed by atoms with E-state index >= 15 is 0 Å². The van der Waals surface area contributed by atoms with Crippen LogP contribution in [0.5, 0.6) is 0 Å². The number of hydrogen-bond acceptors (Lipinski definition) is 4. The average Bonchev–Trinajstić information content (AvgIpc) is 2.37. The molecule has 0 bridgehead atoms. The molecule has 8 heteroatoms. The minimum absolute atomic E-state index is 0.00869. The molecule has 1 aromatic rings. The van der Waals surface area contributed by atoms with Gasteiger partial charge in [0.2, 0.25) is 0 Å². The van der Waals surface area contributed by atoms with Gasteiger partial charge in [-0.25, -0.2) is 4.98 Å². The summed E-state index contributed by atoms with van der Waals surface area (Å²) in [4.78, 5) is 3.67. The van der Waals surface area contributed by atoms with Gasteiger partial charge in [-0.3, -0.25) is 0 Å². The number of hydrogen-bond donors (Lipinski definition) is 2. The summed E-state index contributed by atoms with van der Waals surface area (Å²) in [5.74, 6) is 0.0710. The summed E-state index contributed by atoms with van der Waals surface area (Å²) in [7, 11) is 0. The van der Waals surface area contributed by atoms with Crippen molar-refractivity contribution in [3.63, 3.8) is 0 Å². The first-order valence-corrected chi connectivity index (χ1v) is 6.86. The van der Waals surface area contributed by atoms with Gasteiger partial charge in [-0.05, 0) is 31.9 Å². The van der Waals surface area contributed by atoms with Crippen LogP contribution in [0.3, 0.4) is 0 Å². The molecular weight excluding hydrogens is 303 g/mol. The Morgan fingerprint density at radius 1 is 1.38 bits per heavy atom. The fourth-order valence-corrected chi connectivity index (χ4v) is 2.31. The van der Waals surface area contributed by atoms with Gasteiger partial charge in [0.1, 0.15) is 16.5 Å². The third kappa shape index (κ3) is 3.82. The van der Waals surface area contributed by atoms with E-state index in [4.69, 9.17) is 22.7 Å². The third-order valence-corrected chi connectivity index (χ3v) is 3.69. The van der Waals surface area contributed by atoms with E-state index in [1.165, 1.54) is 6.07 Å². The molecule has 1 saturated heterocycles. The van der Waals surface area contributed by atoms with Gasteiger partial charge in [-0.2, -0.15) is 13.2 Å². The van der Waals surface area contributed by atoms with Crippen molar-refractivity contribution < 1.29 is 17.9 Å². The highest BCUT2D eigenvalue weighted by Gasteiger charge is 2.34. The predicted molar refractivity (Wildman–Crippen MR) is 77.2 cm³/mol. The van der Waals surface area contributed by atoms with Crippen molar-refractivity contribution >= 4 is 23.0 Å². The Morgan fingerprint density at radius 3 is 2.52 bits per heavy atom. The second-order valence-electron chi connectivity index (χ2n) is 5.25. The molecule has 1 aliphatic rings. The summed E-state index contributed by atoms with van der Waals surface area (Å²) in [6.45, 7) is 3.01. The van der Waals surface area contributed by atoms with E-state index in [-0.39, 0.29) is 10.8 Å². The highest BCUT2D eigenvalue weighted by atomic mass is 32.1. The highest BCUT2D eigenvalue weighted by molar-refractivity contribution is 7.80. The fourth-order valence-electron chi connectivity index (χ4n) is 2.14. The van der Waals surface area contributed by atoms with E-state index in [1.54, 1.807) is 0 Å². The third-order valence-electron chi connectivity index (χ3n) is 3.47. The van der Waals surface area contributed by atoms with Crippen LogP contribution in [-0.4, -0.2) is 28.7 Å². The monoisotopic (exact) mass is 319 g/mol. The van der Waals surface area contributed by atoms with Crippen molar-refractivity contribution in [1.29, 1.82) is 0 Å². The molecule has 2 rings (SSSR count). The van der Waals surface area contributed by atoms with Crippen molar-refractivity contribution in [2.45, 2.75) is 31.5 Å². The van der Waals surface area contributed by atoms with Crippen LogP contribution in [0.4, 0.5) is 19.0 Å². The molecule has 0 saturated carbocycles. The van der Waals surface area contributed by atoms with E-state index in [0.29, 0.717) is 31.6 Å². The van der Waals surface area contributed by atoms with Crippen molar-refractivity contribution in [1.82, 2.24) is 4.98 Å². The summed E-state index contributed by atoms with van der Waals surface area (Å²) < 4.78 is 43.7. The van der Waals surface area contributed by atoms with Crippen LogP contribution in [0.25, 0.3) is 0 Å². The molecule has 1 fully saturated rings. The standard InChI is InChI=1S/C13H16F3N3OS/c1-12(4-6-20-7-5-12)19-11-8(10(17)21)2-3-9(18-11)13(14,15)16/h2-3H,4-7H2,1H3,(H2,17,21)(H,18,19). The predicted octanol–water partition coefficient (Wildman–Crippen LogP) is 2.72. The molecule has 0 spiro atoms. The van der Waals surface area contributed by atoms with Crippen LogP contribution >= 0.6 is 12.2 Å². The van der Waals surface area contributed by atoms with Crippen molar-refractivity contribution in [2.75, 3.05) is 18.5 Å². The first kappa shape index (κ1) is 16.0. The molecule has 3 N–H and O–H groups in total. The quantitative estimate of drug-likeness (QED) is 0.839. The number of rotatable bonds is 3. The van der Waals surface area contributed by atoms with E-state index in [0.717, 1.165) is 6.07 Å². The molecule has 0 aliphatic carbocycles. The lowest BCUT2D eigenvalue weighted by atomic mass is 9.92. The van der Waals surface area contributed by atoms with Crippen LogP contribution in [0.1, 0.15) is 31.0 Å². The molecule has 1 aromatic heterocycles. The van der Waals surface area contributed by atoms with Gasteiger partial charge < -0.3 is 15.8 Å². The van der Waals surface area contributed by atoms with Crippen LogP contribution in [0.2, 0.25) is 0 Å². The van der Waals surface area contributed by atoms with Crippen LogP contribution < -0.4 is 11.1 Å². The SMILES string of the molecule is CC1(Nc2nc(C(F)(F)F)ccc2C(N)=S)CCOCC1. The maximum atomic E-state index is 12.8. The van der Waals surface area contributed by atoms with Crippen LogP contribution in [0.15, 0.2) is 12.1 Å². The Balaban J connectivity index is 2.36. The van der Waals surface area contributed by atoms with Gasteiger partial charge in [0.25, 0.3) is 0 Å². The number of anilines is 1. The molecule has 2 heterocycles. The molecule has 21 heavy (non-hydrogen) atoms. The first-order chi connectivity index (χ1) is 9.71. The zero-order valence-corrected chi connectivity index (χ0v) is 12.3. The summed E-state index contributed by atoms with van der Waals surface area (Å²) >= 11 is 4.88. The largest absolute Gasteiger partial charge is 0.433 e. The van der Waals surface area contributed by atoms with Crippen LogP contribution in [-0.2, 0) is 10.9 Å². The molecule has 1 aliphatic heterocycles. The van der Waals surface area contributed by atoms with E-state index in [1.807, 2.05) is 6.92 Å². The molecule has 0 unspecified atom stereocenters. The number of nitrogens with zero attached hydrogens (tertiary/aromatic N) is 1. The smallest absolute Gasteiger partial charge is 0.389 e. The number of pyridine rings is 1. The highest BCUT2D eigenvalue weighted by Crippen LogP contribution is 2.31. The van der Waals surface area contributed by atoms with Gasteiger partial charge in [-0.1, -0.05) is 12.2 Å². The average molecular weight is 319 g/mol. The molecule has 0 atom stereocenters. The molecule has 116 valence electrons. The van der Waals surface area contributed by atoms with E-state index in [2.05, 4.69) is 10.3 Å². The number of aromatic nitrogens is 1. The lowest BCUT2D eigenvalue weighted by Crippen LogP contribution is -2.41. The zero-order chi connectivity index (χ0) is 15.7. The summed E-state index contributed by atoms with van der Waals surface area (Å²) in [5, 5.41) is 3.06. The first-order valence-electron chi connectivity index (χ1n) is 6.45. The number of halogens is 3. The number of nitrogens with one attached hydrogen (secondary N) is 1. The fraction of sp³-hybridized carbons (Fsp3) is 0.538. The molecule has 4 nitrogen and oxygen atoms in total. The molecule has 0 aromatic carbocycles. The normalized spacial score (nSPS) is 18.3. The Bertz CT molecular complexity index is 542. The molecule has 0 amide bonds. The van der Waals surface area contributed by atoms with Gasteiger partial charge >= 0.3 is 6.18 Å². The van der Waals surface area contributed by atoms with Gasteiger partial charge in [0, 0.05) is 18.8 Å². The Labute approximate surface area is 125 Å². The summed E-state index contributed by atoms with van der Waals surface area (Å²) in [6.07, 6.45) is -3.18. The topological polar surface area (TPSA) is 60.2 Å². The van der Waals surface area contributed by atoms with Crippen molar-refractivity contribution in [2.24, 2.45) is 5.73 Å². The lowest BCUT2D eigenvalue weighted by Gasteiger charge is -2.35. The van der Waals surface area contributed by atoms with E-state index in [9.17, 15) is 13.2 Å². The maximum absolute atomic E-state index is 12.8. The Hall–Kier alpha value is -1.41. The van der Waals surface area contributed by atoms with Gasteiger partial charge in [0.15, 0.2) is 0 Å². The maximum Gasteiger partial charge on any atom is 0.433 e. The minimum Gasteiger partial charge on any atom is -0.389 e. The Morgan fingerprint density at radius 2 is 2.00 bits per heavy atom. The number of ether oxygens (including phenoxy) is 1. The summed E-state index contributed by atoms with van der Waals surface area (Å²) in [5.41, 5.74) is 4.51. The van der Waals surface area contributed by atoms with Crippen molar-refractivity contribution in [3.8, 4) is 0 Å². The van der Waals surface area contributed by atoms with Crippen LogP contribution in [0, 0.1) is 0 Å². The zero-order valence-electron chi connectivity index (χ0n) is 11.5. The second-order valence-corrected chi connectivity index (χ2v) is 5.69. The minimum atomic E-state index is -4.51. The van der Waals surface area contributed by atoms with Gasteiger partial charge in [-0.15, -0.1) is 0 Å². The lowest BCUT2D eigenvalue weighted by molar-refractivity contribution is -0.141. The molecule has 0 radical (unpaired) electrons. The number of alkyl halides is 3. The molecular formula is C13H16F3N3OS. The van der Waals surface area contributed by atoms with E-state index < -0.39 is 17.4 Å². The Kier molecular flexibility index (Phi) is 4.38. The van der Waals surface area contributed by atoms with Crippen molar-refractivity contribution in [3.05, 3.63) is 23.4 Å². The number of nitrogens with two attached hydrogens (primary N) is 1. The van der Waals surface area contributed by atoms with Gasteiger partial charge in [0.05, 0.1) is 5.56 Å².